The van der Waals surface area contributed by atoms with E-state index in [9.17, 15) is 4.79 Å². The summed E-state index contributed by atoms with van der Waals surface area (Å²) in [7, 11) is 0. The molecule has 0 radical (unpaired) electrons. The van der Waals surface area contributed by atoms with Gasteiger partial charge >= 0.3 is 0 Å². The van der Waals surface area contributed by atoms with Crippen LogP contribution in [0, 0.1) is 12.8 Å². The number of ether oxygens (including phenoxy) is 2. The number of hydrogen-bond acceptors (Lipinski definition) is 4. The standard InChI is InChI=1S/C27H36N2O3/c1-21-5-3-7-23(19-21)27(12-16-31-17-13-27)26(30)28-24-8-10-25(11-9-24)32-18-15-29-14-4-6-22(2)20-29/h3,5,7-11,19,22H,4,6,12-18,20H2,1-2H3,(H,28,30)/t22-/m0/s1. The molecule has 0 aromatic heterocycles. The monoisotopic (exact) mass is 436 g/mol. The highest BCUT2D eigenvalue weighted by molar-refractivity contribution is 5.99. The van der Waals surface area contributed by atoms with Gasteiger partial charge in [0, 0.05) is 32.0 Å². The number of nitrogens with zero attached hydrogens (tertiary/aromatic N) is 1. The average Bonchev–Trinajstić information content (AvgIpc) is 2.81. The van der Waals surface area contributed by atoms with Gasteiger partial charge in [-0.1, -0.05) is 36.8 Å². The van der Waals surface area contributed by atoms with Gasteiger partial charge in [-0.05, 0) is 74.9 Å². The molecule has 2 aromatic rings. The summed E-state index contributed by atoms with van der Waals surface area (Å²) >= 11 is 0. The molecule has 0 spiro atoms. The predicted molar refractivity (Wildman–Crippen MR) is 128 cm³/mol. The predicted octanol–water partition coefficient (Wildman–Crippen LogP) is 4.79. The minimum Gasteiger partial charge on any atom is -0.492 e. The van der Waals surface area contributed by atoms with Gasteiger partial charge in [0.1, 0.15) is 12.4 Å². The van der Waals surface area contributed by atoms with E-state index in [4.69, 9.17) is 9.47 Å². The number of rotatable bonds is 7. The first-order valence-electron chi connectivity index (χ1n) is 12.0. The maximum absolute atomic E-state index is 13.5. The Kier molecular flexibility index (Phi) is 7.48. The highest BCUT2D eigenvalue weighted by atomic mass is 16.5. The highest BCUT2D eigenvalue weighted by Gasteiger charge is 2.41. The van der Waals surface area contributed by atoms with Gasteiger partial charge in [0.25, 0.3) is 0 Å². The first kappa shape index (κ1) is 22.8. The van der Waals surface area contributed by atoms with Crippen LogP contribution in [0.15, 0.2) is 48.5 Å². The fourth-order valence-electron chi connectivity index (χ4n) is 4.98. The van der Waals surface area contributed by atoms with E-state index in [0.717, 1.165) is 29.5 Å². The van der Waals surface area contributed by atoms with Crippen molar-refractivity contribution in [3.8, 4) is 5.75 Å². The Morgan fingerprint density at radius 2 is 1.97 bits per heavy atom. The van der Waals surface area contributed by atoms with Crippen LogP contribution in [-0.4, -0.2) is 50.3 Å². The molecular weight excluding hydrogens is 400 g/mol. The first-order valence-corrected chi connectivity index (χ1v) is 12.0. The molecule has 5 heteroatoms. The molecule has 0 aliphatic carbocycles. The summed E-state index contributed by atoms with van der Waals surface area (Å²) < 4.78 is 11.5. The van der Waals surface area contributed by atoms with Crippen molar-refractivity contribution in [2.75, 3.05) is 44.8 Å². The lowest BCUT2D eigenvalue weighted by molar-refractivity contribution is -0.125. The number of benzene rings is 2. The Labute approximate surface area is 192 Å². The average molecular weight is 437 g/mol. The summed E-state index contributed by atoms with van der Waals surface area (Å²) in [5.74, 6) is 1.66. The molecule has 2 aromatic carbocycles. The maximum Gasteiger partial charge on any atom is 0.235 e. The van der Waals surface area contributed by atoms with Crippen LogP contribution in [0.3, 0.4) is 0 Å². The SMILES string of the molecule is Cc1cccc(C2(C(=O)Nc3ccc(OCCN4CCC[C@H](C)C4)cc3)CCOCC2)c1. The quantitative estimate of drug-likeness (QED) is 0.678. The van der Waals surface area contributed by atoms with Crippen LogP contribution in [0.1, 0.15) is 43.7 Å². The zero-order chi connectivity index (χ0) is 22.4. The molecule has 5 nitrogen and oxygen atoms in total. The van der Waals surface area contributed by atoms with Gasteiger partial charge in [0.2, 0.25) is 5.91 Å². The number of carbonyl (C=O) groups is 1. The van der Waals surface area contributed by atoms with Gasteiger partial charge in [0.15, 0.2) is 0 Å². The second-order valence-electron chi connectivity index (χ2n) is 9.44. The number of amides is 1. The smallest absolute Gasteiger partial charge is 0.235 e. The minimum absolute atomic E-state index is 0.0410. The van der Waals surface area contributed by atoms with Gasteiger partial charge in [-0.25, -0.2) is 0 Å². The lowest BCUT2D eigenvalue weighted by Gasteiger charge is -2.36. The van der Waals surface area contributed by atoms with E-state index in [2.05, 4.69) is 42.3 Å². The molecule has 0 saturated carbocycles. The van der Waals surface area contributed by atoms with Crippen molar-refractivity contribution in [1.29, 1.82) is 0 Å². The van der Waals surface area contributed by atoms with Crippen LogP contribution in [0.25, 0.3) is 0 Å². The molecule has 1 atom stereocenters. The molecule has 2 aliphatic rings. The molecule has 0 unspecified atom stereocenters. The molecule has 1 N–H and O–H groups in total. The third-order valence-corrected chi connectivity index (χ3v) is 6.88. The summed E-state index contributed by atoms with van der Waals surface area (Å²) in [4.78, 5) is 15.9. The maximum atomic E-state index is 13.5. The molecule has 2 fully saturated rings. The van der Waals surface area contributed by atoms with Crippen LogP contribution < -0.4 is 10.1 Å². The van der Waals surface area contributed by atoms with Gasteiger partial charge in [0.05, 0.1) is 5.41 Å². The van der Waals surface area contributed by atoms with Gasteiger partial charge < -0.3 is 14.8 Å². The number of likely N-dealkylation sites (tertiary alicyclic amines) is 1. The van der Waals surface area contributed by atoms with Crippen molar-refractivity contribution < 1.29 is 14.3 Å². The van der Waals surface area contributed by atoms with E-state index in [1.165, 1.54) is 31.5 Å². The zero-order valence-electron chi connectivity index (χ0n) is 19.4. The van der Waals surface area contributed by atoms with Crippen molar-refractivity contribution in [3.05, 3.63) is 59.7 Å². The molecule has 32 heavy (non-hydrogen) atoms. The lowest BCUT2D eigenvalue weighted by atomic mass is 9.73. The van der Waals surface area contributed by atoms with E-state index >= 15 is 0 Å². The van der Waals surface area contributed by atoms with E-state index in [1.54, 1.807) is 0 Å². The van der Waals surface area contributed by atoms with Crippen LogP contribution in [-0.2, 0) is 14.9 Å². The number of carbonyl (C=O) groups excluding carboxylic acids is 1. The highest BCUT2D eigenvalue weighted by Crippen LogP contribution is 2.36. The number of piperidine rings is 1. The lowest BCUT2D eigenvalue weighted by Crippen LogP contribution is -2.44. The fourth-order valence-corrected chi connectivity index (χ4v) is 4.98. The third kappa shape index (κ3) is 5.51. The molecule has 4 rings (SSSR count). The fraction of sp³-hybridized carbons (Fsp3) is 0.519. The molecule has 172 valence electrons. The zero-order valence-corrected chi connectivity index (χ0v) is 19.4. The van der Waals surface area contributed by atoms with Crippen molar-refractivity contribution in [2.24, 2.45) is 5.92 Å². The van der Waals surface area contributed by atoms with Crippen LogP contribution in [0.5, 0.6) is 5.75 Å². The summed E-state index contributed by atoms with van der Waals surface area (Å²) in [6.45, 7) is 9.59. The molecule has 2 aliphatic heterocycles. The summed E-state index contributed by atoms with van der Waals surface area (Å²) in [6, 6.07) is 16.0. The topological polar surface area (TPSA) is 50.8 Å². The Morgan fingerprint density at radius 1 is 1.19 bits per heavy atom. The second-order valence-corrected chi connectivity index (χ2v) is 9.44. The Hall–Kier alpha value is -2.37. The van der Waals surface area contributed by atoms with Crippen molar-refractivity contribution >= 4 is 11.6 Å². The van der Waals surface area contributed by atoms with Gasteiger partial charge in [-0.3, -0.25) is 9.69 Å². The van der Waals surface area contributed by atoms with Crippen molar-refractivity contribution in [3.63, 3.8) is 0 Å². The number of hydrogen-bond donors (Lipinski definition) is 1. The number of nitrogens with one attached hydrogen (secondary N) is 1. The summed E-state index contributed by atoms with van der Waals surface area (Å²) in [6.07, 6.45) is 4.01. The van der Waals surface area contributed by atoms with E-state index < -0.39 is 5.41 Å². The largest absolute Gasteiger partial charge is 0.492 e. The molecule has 0 bridgehead atoms. The second kappa shape index (κ2) is 10.5. The van der Waals surface area contributed by atoms with Crippen LogP contribution in [0.2, 0.25) is 0 Å². The molecule has 2 heterocycles. The van der Waals surface area contributed by atoms with Crippen molar-refractivity contribution in [1.82, 2.24) is 4.90 Å². The van der Waals surface area contributed by atoms with Crippen LogP contribution >= 0.6 is 0 Å². The molecular formula is C27H36N2O3. The Morgan fingerprint density at radius 3 is 2.69 bits per heavy atom. The summed E-state index contributed by atoms with van der Waals surface area (Å²) in [5, 5.41) is 3.15. The van der Waals surface area contributed by atoms with E-state index in [-0.39, 0.29) is 5.91 Å². The minimum atomic E-state index is -0.551. The van der Waals surface area contributed by atoms with Crippen LogP contribution in [0.4, 0.5) is 5.69 Å². The van der Waals surface area contributed by atoms with Gasteiger partial charge in [-0.2, -0.15) is 0 Å². The summed E-state index contributed by atoms with van der Waals surface area (Å²) in [5.41, 5.74) is 2.49. The third-order valence-electron chi connectivity index (χ3n) is 6.88. The van der Waals surface area contributed by atoms with E-state index in [0.29, 0.717) is 32.7 Å². The normalized spacial score (nSPS) is 21.1. The molecule has 2 saturated heterocycles. The van der Waals surface area contributed by atoms with E-state index in [1.807, 2.05) is 30.3 Å². The van der Waals surface area contributed by atoms with Crippen molar-refractivity contribution in [2.45, 2.75) is 44.9 Å². The number of aryl methyl sites for hydroxylation is 1. The Bertz CT molecular complexity index is 890. The number of anilines is 1. The first-order chi connectivity index (χ1) is 15.5. The Balaban J connectivity index is 1.36. The molecule has 1 amide bonds. The van der Waals surface area contributed by atoms with Gasteiger partial charge in [-0.15, -0.1) is 0 Å².